The molecule has 2 aromatic carbocycles. The van der Waals surface area contributed by atoms with Crippen LogP contribution in [0.25, 0.3) is 0 Å². The van der Waals surface area contributed by atoms with Gasteiger partial charge in [0.2, 0.25) is 0 Å². The quantitative estimate of drug-likeness (QED) is 0.615. The maximum absolute atomic E-state index is 14.0. The monoisotopic (exact) mass is 473 g/mol. The lowest BCUT2D eigenvalue weighted by Gasteiger charge is -2.46. The second-order valence-electron chi connectivity index (χ2n) is 9.52. The lowest BCUT2D eigenvalue weighted by atomic mass is 9.65. The Morgan fingerprint density at radius 3 is 2.53 bits per heavy atom. The van der Waals surface area contributed by atoms with Crippen LogP contribution in [-0.4, -0.2) is 49.8 Å². The normalized spacial score (nSPS) is 24.6. The summed E-state index contributed by atoms with van der Waals surface area (Å²) in [7, 11) is 3.28. The Morgan fingerprint density at radius 2 is 1.85 bits per heavy atom. The average molecular weight is 474 g/mol. The number of hydrogen-bond donors (Lipinski definition) is 2. The smallest absolute Gasteiger partial charge is 0.319 e. The van der Waals surface area contributed by atoms with Crippen LogP contribution in [0.4, 0.5) is 19.3 Å². The zero-order valence-corrected chi connectivity index (χ0v) is 20.2. The number of nitrogens with zero attached hydrogens (tertiary/aromatic N) is 1. The Kier molecular flexibility index (Phi) is 6.98. The summed E-state index contributed by atoms with van der Waals surface area (Å²) in [5.74, 6) is -0.0553. The SMILES string of the molecule is COc1ccc(C23CCC(NC(=O)Nc4ccc(F)cc4F)CC2N(C(C)C)CC3)cc1OC. The van der Waals surface area contributed by atoms with Crippen molar-refractivity contribution in [2.24, 2.45) is 0 Å². The summed E-state index contributed by atoms with van der Waals surface area (Å²) in [4.78, 5) is 15.1. The third kappa shape index (κ3) is 4.56. The standard InChI is InChI=1S/C26H33F2N3O3/c1-16(2)31-12-11-26(17-5-8-22(33-3)23(13-17)34-4)10-9-19(15-24(26)31)29-25(32)30-21-7-6-18(27)14-20(21)28/h5-8,13-14,16,19,24H,9-12,15H2,1-4H3,(H2,29,30,32). The molecule has 2 aliphatic rings. The first kappa shape index (κ1) is 24.3. The lowest BCUT2D eigenvalue weighted by molar-refractivity contribution is 0.113. The number of carbonyl (C=O) groups is 1. The third-order valence-corrected chi connectivity index (χ3v) is 7.44. The van der Waals surface area contributed by atoms with Crippen LogP contribution in [0.1, 0.15) is 45.1 Å². The highest BCUT2D eigenvalue weighted by molar-refractivity contribution is 5.89. The molecule has 2 fully saturated rings. The molecule has 34 heavy (non-hydrogen) atoms. The van der Waals surface area contributed by atoms with Crippen molar-refractivity contribution in [1.29, 1.82) is 0 Å². The third-order valence-electron chi connectivity index (χ3n) is 7.44. The number of methoxy groups -OCH3 is 2. The van der Waals surface area contributed by atoms with Crippen LogP contribution in [-0.2, 0) is 5.41 Å². The minimum absolute atomic E-state index is 0.0401. The Bertz CT molecular complexity index is 1050. The number of fused-ring (bicyclic) bond motifs is 1. The van der Waals surface area contributed by atoms with Gasteiger partial charge >= 0.3 is 6.03 Å². The maximum atomic E-state index is 14.0. The minimum atomic E-state index is -0.798. The largest absolute Gasteiger partial charge is 0.493 e. The molecule has 2 aromatic rings. The highest BCUT2D eigenvalue weighted by Crippen LogP contribution is 2.50. The minimum Gasteiger partial charge on any atom is -0.493 e. The Morgan fingerprint density at radius 1 is 1.09 bits per heavy atom. The number of nitrogens with one attached hydrogen (secondary N) is 2. The van der Waals surface area contributed by atoms with Gasteiger partial charge in [0.15, 0.2) is 11.5 Å². The summed E-state index contributed by atoms with van der Waals surface area (Å²) >= 11 is 0. The number of carbonyl (C=O) groups excluding carboxylic acids is 1. The van der Waals surface area contributed by atoms with Crippen LogP contribution < -0.4 is 20.1 Å². The number of likely N-dealkylation sites (tertiary alicyclic amines) is 1. The zero-order chi connectivity index (χ0) is 24.5. The molecule has 0 spiro atoms. The van der Waals surface area contributed by atoms with E-state index >= 15 is 0 Å². The second kappa shape index (κ2) is 9.78. The van der Waals surface area contributed by atoms with Crippen molar-refractivity contribution in [1.82, 2.24) is 10.2 Å². The number of hydrogen-bond acceptors (Lipinski definition) is 4. The molecule has 8 heteroatoms. The van der Waals surface area contributed by atoms with Crippen LogP contribution in [0.15, 0.2) is 36.4 Å². The van der Waals surface area contributed by atoms with Gasteiger partial charge in [-0.15, -0.1) is 0 Å². The van der Waals surface area contributed by atoms with Gasteiger partial charge in [-0.05, 0) is 75.9 Å². The van der Waals surface area contributed by atoms with Gasteiger partial charge in [0.25, 0.3) is 0 Å². The van der Waals surface area contributed by atoms with Crippen LogP contribution in [0.2, 0.25) is 0 Å². The van der Waals surface area contributed by atoms with Crippen molar-refractivity contribution in [2.75, 3.05) is 26.1 Å². The molecule has 3 unspecified atom stereocenters. The van der Waals surface area contributed by atoms with E-state index in [1.807, 2.05) is 6.07 Å². The molecule has 1 aliphatic carbocycles. The Labute approximate surface area is 199 Å². The molecule has 1 saturated heterocycles. The van der Waals surface area contributed by atoms with Crippen LogP contribution in [0.5, 0.6) is 11.5 Å². The molecule has 0 radical (unpaired) electrons. The Hall–Kier alpha value is -2.87. The molecule has 2 N–H and O–H groups in total. The van der Waals surface area contributed by atoms with Gasteiger partial charge in [-0.2, -0.15) is 0 Å². The fourth-order valence-corrected chi connectivity index (χ4v) is 5.75. The van der Waals surface area contributed by atoms with Crippen LogP contribution in [0, 0.1) is 11.6 Å². The number of halogens is 2. The van der Waals surface area contributed by atoms with Gasteiger partial charge in [0.05, 0.1) is 19.9 Å². The van der Waals surface area contributed by atoms with Gasteiger partial charge in [-0.1, -0.05) is 6.07 Å². The molecule has 3 atom stereocenters. The molecule has 184 valence electrons. The fourth-order valence-electron chi connectivity index (χ4n) is 5.75. The number of anilines is 1. The molecule has 0 bridgehead atoms. The molecule has 0 aromatic heterocycles. The molecule has 4 rings (SSSR count). The maximum Gasteiger partial charge on any atom is 0.319 e. The van der Waals surface area contributed by atoms with Crippen LogP contribution in [0.3, 0.4) is 0 Å². The highest BCUT2D eigenvalue weighted by atomic mass is 19.1. The van der Waals surface area contributed by atoms with E-state index in [4.69, 9.17) is 9.47 Å². The first-order valence-electron chi connectivity index (χ1n) is 11.8. The van der Waals surface area contributed by atoms with E-state index in [0.717, 1.165) is 50.1 Å². The first-order valence-corrected chi connectivity index (χ1v) is 11.8. The van der Waals surface area contributed by atoms with Gasteiger partial charge in [0, 0.05) is 29.6 Å². The number of ether oxygens (including phenoxy) is 2. The second-order valence-corrected chi connectivity index (χ2v) is 9.52. The van der Waals surface area contributed by atoms with Crippen molar-refractivity contribution in [3.05, 3.63) is 53.6 Å². The zero-order valence-electron chi connectivity index (χ0n) is 20.2. The predicted octanol–water partition coefficient (Wildman–Crippen LogP) is 5.08. The summed E-state index contributed by atoms with van der Waals surface area (Å²) < 4.78 is 38.1. The van der Waals surface area contributed by atoms with E-state index in [1.165, 1.54) is 11.6 Å². The predicted molar refractivity (Wildman–Crippen MR) is 128 cm³/mol. The fraction of sp³-hybridized carbons (Fsp3) is 0.500. The van der Waals surface area contributed by atoms with Gasteiger partial charge in [0.1, 0.15) is 11.6 Å². The van der Waals surface area contributed by atoms with E-state index in [0.29, 0.717) is 11.8 Å². The average Bonchev–Trinajstić information content (AvgIpc) is 3.20. The van der Waals surface area contributed by atoms with Crippen molar-refractivity contribution in [2.45, 2.75) is 63.1 Å². The lowest BCUT2D eigenvalue weighted by Crippen LogP contribution is -2.54. The van der Waals surface area contributed by atoms with E-state index < -0.39 is 17.7 Å². The van der Waals surface area contributed by atoms with Crippen molar-refractivity contribution < 1.29 is 23.0 Å². The summed E-state index contributed by atoms with van der Waals surface area (Å²) in [5.41, 5.74) is 1.15. The molecule has 1 aliphatic heterocycles. The Balaban J connectivity index is 1.53. The number of rotatable bonds is 6. The molecule has 1 heterocycles. The molecule has 2 amide bonds. The van der Waals surface area contributed by atoms with Gasteiger partial charge in [-0.3, -0.25) is 4.90 Å². The van der Waals surface area contributed by atoms with E-state index in [9.17, 15) is 13.6 Å². The first-order chi connectivity index (χ1) is 16.3. The molecule has 6 nitrogen and oxygen atoms in total. The molecular formula is C26H33F2N3O3. The van der Waals surface area contributed by atoms with E-state index in [1.54, 1.807) is 14.2 Å². The molecular weight excluding hydrogens is 440 g/mol. The summed E-state index contributed by atoms with van der Waals surface area (Å²) in [6.45, 7) is 5.38. The van der Waals surface area contributed by atoms with Crippen molar-refractivity contribution in [3.8, 4) is 11.5 Å². The van der Waals surface area contributed by atoms with Crippen LogP contribution >= 0.6 is 0 Å². The van der Waals surface area contributed by atoms with Gasteiger partial charge in [-0.25, -0.2) is 13.6 Å². The topological polar surface area (TPSA) is 62.8 Å². The van der Waals surface area contributed by atoms with Gasteiger partial charge < -0.3 is 20.1 Å². The number of amides is 2. The molecule has 1 saturated carbocycles. The summed E-state index contributed by atoms with van der Waals surface area (Å²) in [6.07, 6.45) is 3.53. The summed E-state index contributed by atoms with van der Waals surface area (Å²) in [6, 6.07) is 9.37. The number of benzene rings is 2. The highest BCUT2D eigenvalue weighted by Gasteiger charge is 2.52. The number of urea groups is 1. The van der Waals surface area contributed by atoms with E-state index in [-0.39, 0.29) is 23.2 Å². The van der Waals surface area contributed by atoms with E-state index in [2.05, 4.69) is 41.5 Å². The van der Waals surface area contributed by atoms with Crippen molar-refractivity contribution >= 4 is 11.7 Å². The van der Waals surface area contributed by atoms with Crippen molar-refractivity contribution in [3.63, 3.8) is 0 Å². The summed E-state index contributed by atoms with van der Waals surface area (Å²) in [5, 5.41) is 5.52.